The second-order valence-electron chi connectivity index (χ2n) is 5.97. The number of nitrogens with zero attached hydrogens (tertiary/aromatic N) is 1. The van der Waals surface area contributed by atoms with Gasteiger partial charge in [0.25, 0.3) is 0 Å². The van der Waals surface area contributed by atoms with E-state index in [1.54, 1.807) is 0 Å². The van der Waals surface area contributed by atoms with E-state index in [-0.39, 0.29) is 6.23 Å². The van der Waals surface area contributed by atoms with Crippen LogP contribution in [0.1, 0.15) is 40.0 Å². The fourth-order valence-corrected chi connectivity index (χ4v) is 2.80. The molecule has 16 heavy (non-hydrogen) atoms. The predicted octanol–water partition coefficient (Wildman–Crippen LogP) is 1.83. The number of nitrogens with one attached hydrogen (secondary N) is 1. The first kappa shape index (κ1) is 12.3. The van der Waals surface area contributed by atoms with Crippen LogP contribution in [0.25, 0.3) is 0 Å². The Morgan fingerprint density at radius 2 is 2.19 bits per heavy atom. The second-order valence-corrected chi connectivity index (χ2v) is 5.97. The number of likely N-dealkylation sites (tertiary alicyclic amines) is 1. The van der Waals surface area contributed by atoms with Crippen LogP contribution in [0.4, 0.5) is 0 Å². The highest BCUT2D eigenvalue weighted by Crippen LogP contribution is 2.25. The van der Waals surface area contributed by atoms with Crippen LogP contribution < -0.4 is 5.32 Å². The fraction of sp³-hybridized carbons (Fsp3) is 1.00. The third-order valence-electron chi connectivity index (χ3n) is 3.86. The Kier molecular flexibility index (Phi) is 3.88. The lowest BCUT2D eigenvalue weighted by Crippen LogP contribution is -2.58. The van der Waals surface area contributed by atoms with Gasteiger partial charge in [0.15, 0.2) is 0 Å². The largest absolute Gasteiger partial charge is 0.361 e. The number of ether oxygens (including phenoxy) is 1. The quantitative estimate of drug-likeness (QED) is 0.777. The van der Waals surface area contributed by atoms with Gasteiger partial charge in [-0.3, -0.25) is 10.2 Å². The van der Waals surface area contributed by atoms with Crippen LogP contribution in [0.2, 0.25) is 0 Å². The molecule has 94 valence electrons. The summed E-state index contributed by atoms with van der Waals surface area (Å²) in [5.74, 6) is 0. The van der Waals surface area contributed by atoms with Crippen LogP contribution in [-0.4, -0.2) is 43.4 Å². The highest BCUT2D eigenvalue weighted by molar-refractivity contribution is 4.87. The Bertz CT molecular complexity index is 220. The van der Waals surface area contributed by atoms with Crippen molar-refractivity contribution >= 4 is 0 Å². The van der Waals surface area contributed by atoms with Crippen molar-refractivity contribution in [3.63, 3.8) is 0 Å². The first-order valence-corrected chi connectivity index (χ1v) is 6.71. The Hall–Kier alpha value is -0.120. The molecule has 0 spiro atoms. The Balaban J connectivity index is 1.91. The van der Waals surface area contributed by atoms with E-state index in [1.165, 1.54) is 25.8 Å². The maximum Gasteiger partial charge on any atom is 0.123 e. The standard InChI is InChI=1S/C13H26N2O/c1-4-15-8-6-5-7-11(15)12-14-9-13(2,3)10-16-12/h11-12,14H,4-10H2,1-3H3. The Morgan fingerprint density at radius 3 is 2.81 bits per heavy atom. The fourth-order valence-electron chi connectivity index (χ4n) is 2.80. The summed E-state index contributed by atoms with van der Waals surface area (Å²) in [7, 11) is 0. The SMILES string of the molecule is CCN1CCCCC1C1NCC(C)(C)CO1. The molecule has 0 bridgehead atoms. The smallest absolute Gasteiger partial charge is 0.123 e. The third-order valence-corrected chi connectivity index (χ3v) is 3.86. The molecule has 2 heterocycles. The van der Waals surface area contributed by atoms with E-state index in [0.29, 0.717) is 11.5 Å². The topological polar surface area (TPSA) is 24.5 Å². The number of hydrogen-bond acceptors (Lipinski definition) is 3. The zero-order chi connectivity index (χ0) is 11.6. The number of likely N-dealkylation sites (N-methyl/N-ethyl adjacent to an activating group) is 1. The van der Waals surface area contributed by atoms with Crippen LogP contribution >= 0.6 is 0 Å². The highest BCUT2D eigenvalue weighted by atomic mass is 16.5. The summed E-state index contributed by atoms with van der Waals surface area (Å²) in [6.07, 6.45) is 4.24. The number of piperidine rings is 1. The molecule has 0 aromatic heterocycles. The molecule has 0 radical (unpaired) electrons. The predicted molar refractivity (Wildman–Crippen MR) is 66.4 cm³/mol. The average molecular weight is 226 g/mol. The van der Waals surface area contributed by atoms with Crippen molar-refractivity contribution in [1.29, 1.82) is 0 Å². The zero-order valence-electron chi connectivity index (χ0n) is 11.0. The maximum atomic E-state index is 6.01. The number of rotatable bonds is 2. The van der Waals surface area contributed by atoms with Gasteiger partial charge in [0.2, 0.25) is 0 Å². The molecule has 0 aromatic rings. The molecule has 2 fully saturated rings. The molecule has 2 unspecified atom stereocenters. The summed E-state index contributed by atoms with van der Waals surface area (Å²) in [4.78, 5) is 2.57. The zero-order valence-corrected chi connectivity index (χ0v) is 11.0. The van der Waals surface area contributed by atoms with Crippen LogP contribution in [0.5, 0.6) is 0 Å². The summed E-state index contributed by atoms with van der Waals surface area (Å²) < 4.78 is 6.01. The van der Waals surface area contributed by atoms with Crippen molar-refractivity contribution in [1.82, 2.24) is 10.2 Å². The summed E-state index contributed by atoms with van der Waals surface area (Å²) in [6.45, 7) is 11.1. The van der Waals surface area contributed by atoms with Crippen molar-refractivity contribution in [2.75, 3.05) is 26.2 Å². The molecule has 0 aliphatic carbocycles. The van der Waals surface area contributed by atoms with Crippen LogP contribution in [0.15, 0.2) is 0 Å². The summed E-state index contributed by atoms with van der Waals surface area (Å²) >= 11 is 0. The number of hydrogen-bond donors (Lipinski definition) is 1. The molecule has 0 saturated carbocycles. The third kappa shape index (κ3) is 2.76. The molecule has 3 nitrogen and oxygen atoms in total. The molecule has 3 heteroatoms. The van der Waals surface area contributed by atoms with Gasteiger partial charge in [-0.2, -0.15) is 0 Å². The van der Waals surface area contributed by atoms with Gasteiger partial charge in [-0.25, -0.2) is 0 Å². The minimum Gasteiger partial charge on any atom is -0.361 e. The molecular formula is C13H26N2O. The average Bonchev–Trinajstić information content (AvgIpc) is 2.29. The van der Waals surface area contributed by atoms with Crippen molar-refractivity contribution in [3.05, 3.63) is 0 Å². The van der Waals surface area contributed by atoms with Gasteiger partial charge in [0.1, 0.15) is 6.23 Å². The maximum absolute atomic E-state index is 6.01. The van der Waals surface area contributed by atoms with Gasteiger partial charge < -0.3 is 4.74 Å². The molecule has 0 amide bonds. The van der Waals surface area contributed by atoms with E-state index in [0.717, 1.165) is 19.7 Å². The lowest BCUT2D eigenvalue weighted by atomic mass is 9.92. The van der Waals surface area contributed by atoms with E-state index in [9.17, 15) is 0 Å². The normalized spacial score (nSPS) is 36.2. The van der Waals surface area contributed by atoms with E-state index < -0.39 is 0 Å². The van der Waals surface area contributed by atoms with Gasteiger partial charge >= 0.3 is 0 Å². The molecule has 0 aromatic carbocycles. The molecule has 2 rings (SSSR count). The van der Waals surface area contributed by atoms with Crippen LogP contribution in [0, 0.1) is 5.41 Å². The summed E-state index contributed by atoms with van der Waals surface area (Å²) in [5.41, 5.74) is 0.294. The molecule has 2 atom stereocenters. The van der Waals surface area contributed by atoms with Gasteiger partial charge in [-0.05, 0) is 25.9 Å². The first-order chi connectivity index (χ1) is 7.62. The van der Waals surface area contributed by atoms with Crippen LogP contribution in [-0.2, 0) is 4.74 Å². The van der Waals surface area contributed by atoms with Gasteiger partial charge in [0.05, 0.1) is 6.61 Å². The first-order valence-electron chi connectivity index (χ1n) is 6.71. The van der Waals surface area contributed by atoms with E-state index >= 15 is 0 Å². The van der Waals surface area contributed by atoms with Gasteiger partial charge in [-0.15, -0.1) is 0 Å². The second kappa shape index (κ2) is 5.03. The lowest BCUT2D eigenvalue weighted by Gasteiger charge is -2.44. The molecule has 2 aliphatic rings. The van der Waals surface area contributed by atoms with Crippen molar-refractivity contribution in [3.8, 4) is 0 Å². The van der Waals surface area contributed by atoms with Crippen molar-refractivity contribution < 1.29 is 4.74 Å². The van der Waals surface area contributed by atoms with E-state index in [2.05, 4.69) is 31.0 Å². The minimum absolute atomic E-state index is 0.258. The van der Waals surface area contributed by atoms with Gasteiger partial charge in [-0.1, -0.05) is 27.2 Å². The lowest BCUT2D eigenvalue weighted by molar-refractivity contribution is -0.103. The minimum atomic E-state index is 0.258. The van der Waals surface area contributed by atoms with E-state index in [4.69, 9.17) is 4.74 Å². The Labute approximate surface area is 99.5 Å². The Morgan fingerprint density at radius 1 is 1.38 bits per heavy atom. The molecule has 2 aliphatic heterocycles. The molecule has 1 N–H and O–H groups in total. The van der Waals surface area contributed by atoms with Crippen LogP contribution in [0.3, 0.4) is 0 Å². The molecule has 2 saturated heterocycles. The van der Waals surface area contributed by atoms with Gasteiger partial charge in [0, 0.05) is 18.0 Å². The molecular weight excluding hydrogens is 200 g/mol. The van der Waals surface area contributed by atoms with E-state index in [1.807, 2.05) is 0 Å². The highest BCUT2D eigenvalue weighted by Gasteiger charge is 2.35. The summed E-state index contributed by atoms with van der Waals surface area (Å²) in [5, 5.41) is 3.58. The van der Waals surface area contributed by atoms with Crippen molar-refractivity contribution in [2.45, 2.75) is 52.3 Å². The monoisotopic (exact) mass is 226 g/mol. The van der Waals surface area contributed by atoms with Crippen molar-refractivity contribution in [2.24, 2.45) is 5.41 Å². The summed E-state index contributed by atoms with van der Waals surface area (Å²) in [6, 6.07) is 0.592.